The number of thioether (sulfide) groups is 1. The summed E-state index contributed by atoms with van der Waals surface area (Å²) < 4.78 is 11.2. The van der Waals surface area contributed by atoms with Crippen molar-refractivity contribution in [1.29, 1.82) is 0 Å². The number of ether oxygens (including phenoxy) is 2. The summed E-state index contributed by atoms with van der Waals surface area (Å²) in [5.41, 5.74) is 1.08. The third-order valence-corrected chi connectivity index (χ3v) is 6.63. The molecule has 0 saturated heterocycles. The van der Waals surface area contributed by atoms with Crippen molar-refractivity contribution in [2.75, 3.05) is 30.6 Å². The van der Waals surface area contributed by atoms with Gasteiger partial charge in [-0.05, 0) is 35.7 Å². The van der Waals surface area contributed by atoms with Gasteiger partial charge in [0.2, 0.25) is 11.0 Å². The molecule has 0 aliphatic rings. The minimum absolute atomic E-state index is 0.160. The molecule has 0 saturated carbocycles. The van der Waals surface area contributed by atoms with Gasteiger partial charge in [0.25, 0.3) is 5.91 Å². The number of aromatic nitrogens is 2. The van der Waals surface area contributed by atoms with E-state index in [1.807, 2.05) is 30.3 Å². The molecule has 0 unspecified atom stereocenters. The third-order valence-electron chi connectivity index (χ3n) is 4.66. The SMILES string of the molecule is COc1ccc(NC(=O)CSc2nnc(NC(=O)c3ccc4ccccc4c3OC)s2)cc1. The van der Waals surface area contributed by atoms with Crippen LogP contribution in [0.1, 0.15) is 10.4 Å². The lowest BCUT2D eigenvalue weighted by Gasteiger charge is -2.11. The van der Waals surface area contributed by atoms with Crippen molar-refractivity contribution < 1.29 is 19.1 Å². The van der Waals surface area contributed by atoms with Crippen molar-refractivity contribution in [3.63, 3.8) is 0 Å². The van der Waals surface area contributed by atoms with Crippen molar-refractivity contribution in [1.82, 2.24) is 10.2 Å². The molecule has 8 nitrogen and oxygen atoms in total. The van der Waals surface area contributed by atoms with Gasteiger partial charge < -0.3 is 14.8 Å². The van der Waals surface area contributed by atoms with E-state index >= 15 is 0 Å². The highest BCUT2D eigenvalue weighted by Crippen LogP contribution is 2.31. The van der Waals surface area contributed by atoms with Crippen molar-refractivity contribution in [3.8, 4) is 11.5 Å². The predicted octanol–water partition coefficient (Wildman–Crippen LogP) is 4.69. The molecule has 0 aliphatic heterocycles. The van der Waals surface area contributed by atoms with Gasteiger partial charge in [0.05, 0.1) is 25.5 Å². The normalized spacial score (nSPS) is 10.6. The predicted molar refractivity (Wildman–Crippen MR) is 131 cm³/mol. The van der Waals surface area contributed by atoms with Crippen LogP contribution >= 0.6 is 23.1 Å². The minimum Gasteiger partial charge on any atom is -0.497 e. The van der Waals surface area contributed by atoms with Crippen LogP contribution in [0, 0.1) is 0 Å². The number of rotatable bonds is 8. The summed E-state index contributed by atoms with van der Waals surface area (Å²) >= 11 is 2.44. The lowest BCUT2D eigenvalue weighted by atomic mass is 10.0. The Hall–Kier alpha value is -3.63. The van der Waals surface area contributed by atoms with Gasteiger partial charge in [-0.2, -0.15) is 0 Å². The Kier molecular flexibility index (Phi) is 7.06. The highest BCUT2D eigenvalue weighted by molar-refractivity contribution is 8.01. The zero-order valence-electron chi connectivity index (χ0n) is 17.8. The number of methoxy groups -OCH3 is 2. The van der Waals surface area contributed by atoms with E-state index in [0.717, 1.165) is 10.8 Å². The van der Waals surface area contributed by atoms with Gasteiger partial charge in [-0.25, -0.2) is 0 Å². The van der Waals surface area contributed by atoms with E-state index in [-0.39, 0.29) is 17.6 Å². The Labute approximate surface area is 198 Å². The second kappa shape index (κ2) is 10.3. The van der Waals surface area contributed by atoms with Crippen LogP contribution in [-0.2, 0) is 4.79 Å². The van der Waals surface area contributed by atoms with Gasteiger partial charge >= 0.3 is 0 Å². The van der Waals surface area contributed by atoms with Crippen LogP contribution in [0.3, 0.4) is 0 Å². The van der Waals surface area contributed by atoms with E-state index in [9.17, 15) is 9.59 Å². The Morgan fingerprint density at radius 2 is 1.73 bits per heavy atom. The van der Waals surface area contributed by atoms with Crippen LogP contribution in [0.4, 0.5) is 10.8 Å². The summed E-state index contributed by atoms with van der Waals surface area (Å²) in [6.45, 7) is 0. The smallest absolute Gasteiger partial charge is 0.261 e. The average Bonchev–Trinajstić information content (AvgIpc) is 3.29. The van der Waals surface area contributed by atoms with Crippen LogP contribution in [0.2, 0.25) is 0 Å². The number of nitrogens with one attached hydrogen (secondary N) is 2. The molecule has 2 amide bonds. The molecule has 0 radical (unpaired) electrons. The van der Waals surface area contributed by atoms with Gasteiger partial charge in [-0.15, -0.1) is 10.2 Å². The number of amides is 2. The standard InChI is InChI=1S/C23H20N4O4S2/c1-30-16-10-8-15(9-11-16)24-19(28)13-32-23-27-26-22(33-23)25-21(29)18-12-7-14-5-3-4-6-17(14)20(18)31-2/h3-12H,13H2,1-2H3,(H,24,28)(H,25,26,29). The number of fused-ring (bicyclic) bond motifs is 1. The molecule has 4 aromatic rings. The molecule has 33 heavy (non-hydrogen) atoms. The number of nitrogens with zero attached hydrogens (tertiary/aromatic N) is 2. The average molecular weight is 481 g/mol. The molecule has 0 bridgehead atoms. The molecule has 4 rings (SSSR count). The highest BCUT2D eigenvalue weighted by atomic mass is 32.2. The fraction of sp³-hybridized carbons (Fsp3) is 0.130. The molecule has 2 N–H and O–H groups in total. The van der Waals surface area contributed by atoms with Crippen LogP contribution in [0.5, 0.6) is 11.5 Å². The zero-order valence-corrected chi connectivity index (χ0v) is 19.5. The Balaban J connectivity index is 1.36. The molecular weight excluding hydrogens is 460 g/mol. The van der Waals surface area contributed by atoms with Gasteiger partial charge in [0.1, 0.15) is 11.5 Å². The Morgan fingerprint density at radius 1 is 0.939 bits per heavy atom. The van der Waals surface area contributed by atoms with Crippen LogP contribution in [0.15, 0.2) is 65.0 Å². The number of hydrogen-bond acceptors (Lipinski definition) is 8. The fourth-order valence-corrected chi connectivity index (χ4v) is 4.67. The third kappa shape index (κ3) is 5.41. The second-order valence-corrected chi connectivity index (χ2v) is 8.96. The van der Waals surface area contributed by atoms with E-state index in [2.05, 4.69) is 20.8 Å². The molecule has 3 aromatic carbocycles. The fourth-order valence-electron chi connectivity index (χ4n) is 3.12. The number of anilines is 2. The molecule has 1 heterocycles. The molecule has 0 atom stereocenters. The van der Waals surface area contributed by atoms with Gasteiger partial charge in [-0.3, -0.25) is 14.9 Å². The highest BCUT2D eigenvalue weighted by Gasteiger charge is 2.17. The topological polar surface area (TPSA) is 102 Å². The quantitative estimate of drug-likeness (QED) is 0.279. The first-order chi connectivity index (χ1) is 16.1. The van der Waals surface area contributed by atoms with Crippen molar-refractivity contribution >= 4 is 56.5 Å². The van der Waals surface area contributed by atoms with Gasteiger partial charge in [0, 0.05) is 11.1 Å². The van der Waals surface area contributed by atoms with Crippen molar-refractivity contribution in [2.24, 2.45) is 0 Å². The largest absolute Gasteiger partial charge is 0.497 e. The summed E-state index contributed by atoms with van der Waals surface area (Å²) in [6.07, 6.45) is 0. The monoisotopic (exact) mass is 480 g/mol. The lowest BCUT2D eigenvalue weighted by Crippen LogP contribution is -2.13. The zero-order chi connectivity index (χ0) is 23.2. The summed E-state index contributed by atoms with van der Waals surface area (Å²) in [6, 6.07) is 18.3. The number of carbonyl (C=O) groups is 2. The Bertz CT molecular complexity index is 1290. The van der Waals surface area contributed by atoms with Crippen molar-refractivity contribution in [3.05, 3.63) is 66.2 Å². The first-order valence-electron chi connectivity index (χ1n) is 9.84. The molecule has 0 fully saturated rings. The Morgan fingerprint density at radius 3 is 2.48 bits per heavy atom. The first-order valence-corrected chi connectivity index (χ1v) is 11.6. The van der Waals surface area contributed by atoms with E-state index in [0.29, 0.717) is 32.2 Å². The summed E-state index contributed by atoms with van der Waals surface area (Å²) in [5.74, 6) is 0.856. The van der Waals surface area contributed by atoms with Crippen LogP contribution in [0.25, 0.3) is 10.8 Å². The van der Waals surface area contributed by atoms with Crippen molar-refractivity contribution in [2.45, 2.75) is 4.34 Å². The second-order valence-electron chi connectivity index (χ2n) is 6.76. The molecule has 168 valence electrons. The molecular formula is C23H20N4O4S2. The van der Waals surface area contributed by atoms with E-state index < -0.39 is 0 Å². The molecule has 1 aromatic heterocycles. The number of benzene rings is 3. The maximum Gasteiger partial charge on any atom is 0.261 e. The van der Waals surface area contributed by atoms with Crippen LogP contribution < -0.4 is 20.1 Å². The molecule has 10 heteroatoms. The van der Waals surface area contributed by atoms with E-state index in [4.69, 9.17) is 9.47 Å². The number of carbonyl (C=O) groups excluding carboxylic acids is 2. The first kappa shape index (κ1) is 22.6. The maximum atomic E-state index is 12.8. The minimum atomic E-state index is -0.345. The summed E-state index contributed by atoms with van der Waals surface area (Å²) in [4.78, 5) is 25.0. The number of hydrogen-bond donors (Lipinski definition) is 2. The van der Waals surface area contributed by atoms with Gasteiger partial charge in [0.15, 0.2) is 4.34 Å². The summed E-state index contributed by atoms with van der Waals surface area (Å²) in [7, 11) is 3.12. The molecule has 0 spiro atoms. The van der Waals surface area contributed by atoms with E-state index in [1.165, 1.54) is 30.2 Å². The van der Waals surface area contributed by atoms with E-state index in [1.54, 1.807) is 37.4 Å². The maximum absolute atomic E-state index is 12.8. The molecule has 0 aliphatic carbocycles. The lowest BCUT2D eigenvalue weighted by molar-refractivity contribution is -0.113. The summed E-state index contributed by atoms with van der Waals surface area (Å²) in [5, 5.41) is 15.8. The van der Waals surface area contributed by atoms with Crippen LogP contribution in [-0.4, -0.2) is 42.0 Å². The van der Waals surface area contributed by atoms with Gasteiger partial charge in [-0.1, -0.05) is 53.4 Å².